The summed E-state index contributed by atoms with van der Waals surface area (Å²) >= 11 is 0. The van der Waals surface area contributed by atoms with E-state index in [1.54, 1.807) is 6.26 Å². The first-order valence-corrected chi connectivity index (χ1v) is 7.14. The predicted molar refractivity (Wildman–Crippen MR) is 77.2 cm³/mol. The van der Waals surface area contributed by atoms with E-state index in [-0.39, 0.29) is 0 Å². The van der Waals surface area contributed by atoms with Crippen LogP contribution >= 0.6 is 0 Å². The minimum atomic E-state index is 0.517. The van der Waals surface area contributed by atoms with Crippen molar-refractivity contribution in [1.29, 1.82) is 0 Å². The molecule has 2 heterocycles. The van der Waals surface area contributed by atoms with Crippen LogP contribution in [0.4, 0.5) is 5.82 Å². The second-order valence-electron chi connectivity index (χ2n) is 5.25. The molecule has 0 aliphatic heterocycles. The van der Waals surface area contributed by atoms with Gasteiger partial charge in [0.05, 0.1) is 11.6 Å². The highest BCUT2D eigenvalue weighted by Crippen LogP contribution is 2.34. The van der Waals surface area contributed by atoms with Crippen molar-refractivity contribution >= 4 is 16.8 Å². The topological polar surface area (TPSA) is 55.3 Å². The minimum absolute atomic E-state index is 0.517. The largest absolute Gasteiger partial charge is 0.464 e. The number of nitrogens with zero attached hydrogens (tertiary/aromatic N) is 2. The lowest BCUT2D eigenvalue weighted by molar-refractivity contribution is 0.460. The fourth-order valence-corrected chi connectivity index (χ4v) is 3.35. The van der Waals surface area contributed by atoms with Crippen molar-refractivity contribution in [3.05, 3.63) is 24.6 Å². The lowest BCUT2D eigenvalue weighted by Gasteiger charge is -2.33. The molecular weight excluding hydrogens is 238 g/mol. The van der Waals surface area contributed by atoms with Gasteiger partial charge in [0.25, 0.3) is 0 Å². The van der Waals surface area contributed by atoms with E-state index < -0.39 is 0 Å². The van der Waals surface area contributed by atoms with Crippen molar-refractivity contribution < 1.29 is 4.42 Å². The van der Waals surface area contributed by atoms with Crippen molar-refractivity contribution in [3.63, 3.8) is 0 Å². The third-order valence-corrected chi connectivity index (χ3v) is 4.29. The number of anilines is 1. The van der Waals surface area contributed by atoms with Gasteiger partial charge in [-0.05, 0) is 44.4 Å². The third kappa shape index (κ3) is 2.10. The number of hydrogen-bond acceptors (Lipinski definition) is 4. The molecule has 3 rings (SSSR count). The lowest BCUT2D eigenvalue weighted by Crippen LogP contribution is -2.40. The number of pyridine rings is 1. The Hall–Kier alpha value is -1.55. The van der Waals surface area contributed by atoms with Crippen LogP contribution in [0.25, 0.3) is 11.0 Å². The van der Waals surface area contributed by atoms with Gasteiger partial charge < -0.3 is 15.1 Å². The van der Waals surface area contributed by atoms with E-state index in [9.17, 15) is 0 Å². The van der Waals surface area contributed by atoms with Crippen LogP contribution in [-0.2, 0) is 0 Å². The van der Waals surface area contributed by atoms with Crippen molar-refractivity contribution in [2.75, 3.05) is 18.0 Å². The molecule has 19 heavy (non-hydrogen) atoms. The van der Waals surface area contributed by atoms with Gasteiger partial charge in [-0.25, -0.2) is 4.98 Å². The summed E-state index contributed by atoms with van der Waals surface area (Å²) in [4.78, 5) is 6.99. The molecule has 2 aromatic heterocycles. The highest BCUT2D eigenvalue weighted by molar-refractivity contribution is 5.88. The SMILES string of the molecule is CCN(c1nccc2occc12)C1CCCC1CN. The summed E-state index contributed by atoms with van der Waals surface area (Å²) < 4.78 is 5.48. The molecule has 2 N–H and O–H groups in total. The molecular formula is C15H21N3O. The van der Waals surface area contributed by atoms with E-state index >= 15 is 0 Å². The second-order valence-corrected chi connectivity index (χ2v) is 5.25. The van der Waals surface area contributed by atoms with Crippen LogP contribution in [0.2, 0.25) is 0 Å². The van der Waals surface area contributed by atoms with Gasteiger partial charge in [-0.3, -0.25) is 0 Å². The summed E-state index contributed by atoms with van der Waals surface area (Å²) in [5, 5.41) is 1.10. The number of rotatable bonds is 4. The molecule has 1 fully saturated rings. The van der Waals surface area contributed by atoms with E-state index in [0.717, 1.165) is 29.9 Å². The van der Waals surface area contributed by atoms with Gasteiger partial charge in [0.15, 0.2) is 0 Å². The number of furan rings is 1. The van der Waals surface area contributed by atoms with Crippen LogP contribution in [0.3, 0.4) is 0 Å². The minimum Gasteiger partial charge on any atom is -0.464 e. The summed E-state index contributed by atoms with van der Waals surface area (Å²) in [6.45, 7) is 3.91. The van der Waals surface area contributed by atoms with E-state index in [4.69, 9.17) is 10.2 Å². The molecule has 2 atom stereocenters. The fraction of sp³-hybridized carbons (Fsp3) is 0.533. The predicted octanol–water partition coefficient (Wildman–Crippen LogP) is 2.78. The van der Waals surface area contributed by atoms with Crippen LogP contribution in [0.15, 0.2) is 29.0 Å². The molecule has 0 spiro atoms. The number of fused-ring (bicyclic) bond motifs is 1. The Morgan fingerprint density at radius 2 is 2.32 bits per heavy atom. The molecule has 0 radical (unpaired) electrons. The van der Waals surface area contributed by atoms with Crippen molar-refractivity contribution in [3.8, 4) is 0 Å². The summed E-state index contributed by atoms with van der Waals surface area (Å²) in [7, 11) is 0. The zero-order valence-electron chi connectivity index (χ0n) is 11.4. The maximum absolute atomic E-state index is 5.92. The summed E-state index contributed by atoms with van der Waals surface area (Å²) in [6, 6.07) is 4.44. The smallest absolute Gasteiger partial charge is 0.139 e. The third-order valence-electron chi connectivity index (χ3n) is 4.29. The Morgan fingerprint density at radius 3 is 3.11 bits per heavy atom. The first-order valence-electron chi connectivity index (χ1n) is 7.14. The maximum atomic E-state index is 5.92. The highest BCUT2D eigenvalue weighted by Gasteiger charge is 2.32. The molecule has 0 saturated heterocycles. The van der Waals surface area contributed by atoms with Crippen LogP contribution < -0.4 is 10.6 Å². The van der Waals surface area contributed by atoms with Crippen molar-refractivity contribution in [2.24, 2.45) is 11.7 Å². The molecule has 4 nitrogen and oxygen atoms in total. The Labute approximate surface area is 113 Å². The quantitative estimate of drug-likeness (QED) is 0.917. The molecule has 1 aliphatic carbocycles. The second kappa shape index (κ2) is 5.21. The van der Waals surface area contributed by atoms with E-state index in [2.05, 4.69) is 16.8 Å². The molecule has 0 amide bonds. The zero-order valence-corrected chi connectivity index (χ0v) is 11.4. The summed E-state index contributed by atoms with van der Waals surface area (Å²) in [5.74, 6) is 1.63. The standard InChI is InChI=1S/C15H21N3O/c1-2-18(13-5-3-4-11(13)10-16)15-12-7-9-19-14(12)6-8-17-15/h6-9,11,13H,2-5,10,16H2,1H3. The Balaban J connectivity index is 2.00. The van der Waals surface area contributed by atoms with Gasteiger partial charge in [0.2, 0.25) is 0 Å². The zero-order chi connectivity index (χ0) is 13.2. The number of hydrogen-bond donors (Lipinski definition) is 1. The number of aromatic nitrogens is 1. The number of nitrogens with two attached hydrogens (primary N) is 1. The molecule has 1 saturated carbocycles. The van der Waals surface area contributed by atoms with Gasteiger partial charge in [-0.1, -0.05) is 6.42 Å². The molecule has 0 aromatic carbocycles. The summed E-state index contributed by atoms with van der Waals surface area (Å²) in [5.41, 5.74) is 6.83. The van der Waals surface area contributed by atoms with E-state index in [1.807, 2.05) is 18.3 Å². The molecule has 102 valence electrons. The van der Waals surface area contributed by atoms with Gasteiger partial charge in [-0.15, -0.1) is 0 Å². The normalized spacial score (nSPS) is 23.1. The van der Waals surface area contributed by atoms with Crippen molar-refractivity contribution in [1.82, 2.24) is 4.98 Å². The Kier molecular flexibility index (Phi) is 3.42. The van der Waals surface area contributed by atoms with Gasteiger partial charge in [-0.2, -0.15) is 0 Å². The molecule has 0 bridgehead atoms. The monoisotopic (exact) mass is 259 g/mol. The maximum Gasteiger partial charge on any atom is 0.139 e. The molecule has 1 aliphatic rings. The summed E-state index contributed by atoms with van der Waals surface area (Å²) in [6.07, 6.45) is 7.28. The van der Waals surface area contributed by atoms with Crippen LogP contribution in [0.1, 0.15) is 26.2 Å². The van der Waals surface area contributed by atoms with Gasteiger partial charge in [0, 0.05) is 18.8 Å². The van der Waals surface area contributed by atoms with E-state index in [0.29, 0.717) is 12.0 Å². The molecule has 2 aromatic rings. The Morgan fingerprint density at radius 1 is 1.42 bits per heavy atom. The van der Waals surface area contributed by atoms with Crippen LogP contribution in [0.5, 0.6) is 0 Å². The van der Waals surface area contributed by atoms with Crippen molar-refractivity contribution in [2.45, 2.75) is 32.2 Å². The fourth-order valence-electron chi connectivity index (χ4n) is 3.35. The average molecular weight is 259 g/mol. The van der Waals surface area contributed by atoms with E-state index in [1.165, 1.54) is 19.3 Å². The lowest BCUT2D eigenvalue weighted by atomic mass is 10.0. The average Bonchev–Trinajstić information content (AvgIpc) is 3.08. The molecule has 4 heteroatoms. The van der Waals surface area contributed by atoms with Gasteiger partial charge in [0.1, 0.15) is 11.4 Å². The van der Waals surface area contributed by atoms with Gasteiger partial charge >= 0.3 is 0 Å². The first kappa shape index (κ1) is 12.5. The Bertz CT molecular complexity index is 551. The van der Waals surface area contributed by atoms with Crippen LogP contribution in [0, 0.1) is 5.92 Å². The molecule has 2 unspecified atom stereocenters. The first-order chi connectivity index (χ1) is 9.35. The van der Waals surface area contributed by atoms with Crippen LogP contribution in [-0.4, -0.2) is 24.1 Å². The highest BCUT2D eigenvalue weighted by atomic mass is 16.3.